The average molecular weight is 314 g/mol. The maximum Gasteiger partial charge on any atom is 0.694 e. The van der Waals surface area contributed by atoms with Gasteiger partial charge in [-0.05, 0) is 12.8 Å². The van der Waals surface area contributed by atoms with Gasteiger partial charge in [-0.3, -0.25) is 14.3 Å². The predicted molar refractivity (Wildman–Crippen MR) is 71.5 cm³/mol. The van der Waals surface area contributed by atoms with Gasteiger partial charge < -0.3 is 10.5 Å². The topological polar surface area (TPSA) is 145 Å². The van der Waals surface area contributed by atoms with Crippen molar-refractivity contribution in [3.05, 3.63) is 16.7 Å². The minimum absolute atomic E-state index is 0.00408. The summed E-state index contributed by atoms with van der Waals surface area (Å²) in [7, 11) is -2.64. The molecule has 0 aromatic carbocycles. The molecule has 0 spiro atoms. The van der Waals surface area contributed by atoms with Gasteiger partial charge in [0.1, 0.15) is 12.8 Å². The number of aromatic amines is 1. The number of aromatic nitrogens is 4. The second kappa shape index (κ2) is 5.49. The van der Waals surface area contributed by atoms with Crippen LogP contribution in [-0.4, -0.2) is 37.1 Å². The van der Waals surface area contributed by atoms with Crippen molar-refractivity contribution in [2.45, 2.75) is 25.2 Å². The van der Waals surface area contributed by atoms with Crippen LogP contribution in [0.2, 0.25) is 0 Å². The molecule has 3 atom stereocenters. The number of H-pyrrole nitrogens is 1. The number of nitrogens with one attached hydrogen (secondary N) is 1. The number of hydrogen-bond acceptors (Lipinski definition) is 7. The monoisotopic (exact) mass is 314 g/mol. The molecule has 1 aliphatic rings. The Labute approximate surface area is 118 Å². The largest absolute Gasteiger partial charge is 0.694 e. The number of nitrogens with two attached hydrogens (primary N) is 1. The van der Waals surface area contributed by atoms with Crippen LogP contribution in [0.15, 0.2) is 11.1 Å². The minimum Gasteiger partial charge on any atom is -0.369 e. The minimum atomic E-state index is -2.64. The average Bonchev–Trinajstić information content (AvgIpc) is 3.02. The SMILES string of the molecule is Nc1nc2c(ncn2[C@H]2CCC(CO[P+](=O)O)O2)c(=O)[nH]1. The molecule has 3 heterocycles. The Balaban J connectivity index is 1.82. The lowest BCUT2D eigenvalue weighted by Gasteiger charge is -2.13. The number of nitrogens with zero attached hydrogens (tertiary/aromatic N) is 3. The van der Waals surface area contributed by atoms with Gasteiger partial charge in [-0.1, -0.05) is 0 Å². The van der Waals surface area contributed by atoms with E-state index in [1.807, 2.05) is 0 Å². The first-order valence-electron chi connectivity index (χ1n) is 6.21. The van der Waals surface area contributed by atoms with Gasteiger partial charge in [-0.25, -0.2) is 4.98 Å². The molecule has 0 radical (unpaired) electrons. The summed E-state index contributed by atoms with van der Waals surface area (Å²) < 4.78 is 22.5. The molecule has 3 rings (SSSR count). The quantitative estimate of drug-likeness (QED) is 0.671. The maximum atomic E-state index is 11.7. The molecule has 0 aliphatic carbocycles. The highest BCUT2D eigenvalue weighted by molar-refractivity contribution is 7.32. The van der Waals surface area contributed by atoms with E-state index in [4.69, 9.17) is 15.4 Å². The third kappa shape index (κ3) is 2.79. The van der Waals surface area contributed by atoms with Gasteiger partial charge in [0.15, 0.2) is 11.2 Å². The smallest absolute Gasteiger partial charge is 0.369 e. The fourth-order valence-corrected chi connectivity index (χ4v) is 2.61. The Hall–Kier alpha value is -1.87. The van der Waals surface area contributed by atoms with E-state index in [9.17, 15) is 9.36 Å². The standard InChI is InChI=1S/C10H12N5O5P/c11-10-13-8-7(9(16)14-10)12-4-15(8)6-2-1-5(20-6)3-19-21(17)18/h4-6H,1-3H2,(H3-,11,13,14,16,17,18)/p+1/t5?,6-/m1/s1. The van der Waals surface area contributed by atoms with Gasteiger partial charge in [0.25, 0.3) is 5.56 Å². The number of nitrogen functional groups attached to an aromatic ring is 1. The lowest BCUT2D eigenvalue weighted by Crippen LogP contribution is -2.16. The van der Waals surface area contributed by atoms with Gasteiger partial charge in [0.05, 0.1) is 12.4 Å². The summed E-state index contributed by atoms with van der Waals surface area (Å²) in [5.41, 5.74) is 5.65. The highest BCUT2D eigenvalue weighted by Crippen LogP contribution is 2.31. The van der Waals surface area contributed by atoms with Crippen molar-refractivity contribution < 1.29 is 18.7 Å². The predicted octanol–water partition coefficient (Wildman–Crippen LogP) is 0.0457. The van der Waals surface area contributed by atoms with Gasteiger partial charge in [-0.2, -0.15) is 4.98 Å². The summed E-state index contributed by atoms with van der Waals surface area (Å²) in [6, 6.07) is 0. The van der Waals surface area contributed by atoms with Crippen LogP contribution >= 0.6 is 8.25 Å². The summed E-state index contributed by atoms with van der Waals surface area (Å²) in [6.45, 7) is 0.0327. The zero-order valence-corrected chi connectivity index (χ0v) is 11.7. The molecule has 1 saturated heterocycles. The van der Waals surface area contributed by atoms with Gasteiger partial charge in [0, 0.05) is 4.57 Å². The molecule has 4 N–H and O–H groups in total. The van der Waals surface area contributed by atoms with E-state index < -0.39 is 13.8 Å². The molecule has 2 unspecified atom stereocenters. The molecule has 2 aromatic rings. The fraction of sp³-hybridized carbons (Fsp3) is 0.500. The van der Waals surface area contributed by atoms with E-state index in [1.165, 1.54) is 6.33 Å². The molecule has 21 heavy (non-hydrogen) atoms. The summed E-state index contributed by atoms with van der Waals surface area (Å²) >= 11 is 0. The van der Waals surface area contributed by atoms with Crippen molar-refractivity contribution in [2.24, 2.45) is 0 Å². The summed E-state index contributed by atoms with van der Waals surface area (Å²) in [5, 5.41) is 0. The molecule has 10 nitrogen and oxygen atoms in total. The molecular formula is C10H13N5O5P+. The first kappa shape index (κ1) is 14.1. The Kier molecular flexibility index (Phi) is 3.68. The molecule has 0 bridgehead atoms. The molecular weight excluding hydrogens is 301 g/mol. The number of rotatable bonds is 4. The third-order valence-corrected chi connectivity index (χ3v) is 3.59. The van der Waals surface area contributed by atoms with Crippen molar-refractivity contribution >= 4 is 25.4 Å². The number of hydrogen-bond donors (Lipinski definition) is 3. The fourth-order valence-electron chi connectivity index (χ4n) is 2.31. The van der Waals surface area contributed by atoms with E-state index in [1.54, 1.807) is 4.57 Å². The first-order chi connectivity index (χ1) is 10.0. The maximum absolute atomic E-state index is 11.7. The second-order valence-corrected chi connectivity index (χ2v) is 5.33. The van der Waals surface area contributed by atoms with Crippen LogP contribution in [0.4, 0.5) is 5.95 Å². The normalized spacial score (nSPS) is 22.8. The van der Waals surface area contributed by atoms with Crippen molar-refractivity contribution in [3.8, 4) is 0 Å². The van der Waals surface area contributed by atoms with Crippen molar-refractivity contribution in [3.63, 3.8) is 0 Å². The van der Waals surface area contributed by atoms with Crippen LogP contribution in [-0.2, 0) is 13.8 Å². The molecule has 2 aromatic heterocycles. The Bertz CT molecular complexity index is 743. The molecule has 0 amide bonds. The molecule has 1 fully saturated rings. The summed E-state index contributed by atoms with van der Waals surface area (Å²) in [5.74, 6) is 0.00408. The van der Waals surface area contributed by atoms with Crippen molar-refractivity contribution in [1.82, 2.24) is 19.5 Å². The molecule has 112 valence electrons. The van der Waals surface area contributed by atoms with Crippen molar-refractivity contribution in [1.29, 1.82) is 0 Å². The van der Waals surface area contributed by atoms with Crippen LogP contribution in [0.25, 0.3) is 11.2 Å². The zero-order chi connectivity index (χ0) is 15.0. The summed E-state index contributed by atoms with van der Waals surface area (Å²) in [6.07, 6.45) is 2.11. The summed E-state index contributed by atoms with van der Waals surface area (Å²) in [4.78, 5) is 30.8. The van der Waals surface area contributed by atoms with Gasteiger partial charge >= 0.3 is 8.25 Å². The van der Waals surface area contributed by atoms with E-state index in [0.29, 0.717) is 18.5 Å². The van der Waals surface area contributed by atoms with Crippen LogP contribution in [0.1, 0.15) is 19.1 Å². The number of fused-ring (bicyclic) bond motifs is 1. The van der Waals surface area contributed by atoms with Crippen molar-refractivity contribution in [2.75, 3.05) is 12.3 Å². The van der Waals surface area contributed by atoms with E-state index in [0.717, 1.165) is 0 Å². The molecule has 11 heteroatoms. The molecule has 0 saturated carbocycles. The highest BCUT2D eigenvalue weighted by atomic mass is 31.1. The third-order valence-electron chi connectivity index (χ3n) is 3.22. The lowest BCUT2D eigenvalue weighted by atomic mass is 10.2. The molecule has 1 aliphatic heterocycles. The van der Waals surface area contributed by atoms with E-state index in [2.05, 4.69) is 19.5 Å². The lowest BCUT2D eigenvalue weighted by molar-refractivity contribution is -0.0162. The van der Waals surface area contributed by atoms with E-state index in [-0.39, 0.29) is 30.4 Å². The Morgan fingerprint density at radius 1 is 1.62 bits per heavy atom. The van der Waals surface area contributed by atoms with Crippen LogP contribution < -0.4 is 11.3 Å². The zero-order valence-electron chi connectivity index (χ0n) is 10.8. The highest BCUT2D eigenvalue weighted by Gasteiger charge is 2.30. The number of anilines is 1. The number of imidazole rings is 1. The Morgan fingerprint density at radius 2 is 2.43 bits per heavy atom. The number of ether oxygens (including phenoxy) is 1. The first-order valence-corrected chi connectivity index (χ1v) is 7.34. The van der Waals surface area contributed by atoms with Gasteiger partial charge in [0.2, 0.25) is 5.95 Å². The van der Waals surface area contributed by atoms with Crippen LogP contribution in [0, 0.1) is 0 Å². The van der Waals surface area contributed by atoms with Crippen LogP contribution in [0.3, 0.4) is 0 Å². The van der Waals surface area contributed by atoms with E-state index >= 15 is 0 Å². The Morgan fingerprint density at radius 3 is 3.19 bits per heavy atom. The van der Waals surface area contributed by atoms with Gasteiger partial charge in [-0.15, -0.1) is 9.42 Å². The van der Waals surface area contributed by atoms with Crippen LogP contribution in [0.5, 0.6) is 0 Å². The second-order valence-electron chi connectivity index (χ2n) is 4.60.